The fraction of sp³-hybridized carbons (Fsp3) is 0.875. The van der Waals surface area contributed by atoms with E-state index in [0.717, 1.165) is 17.8 Å². The molecule has 1 unspecified atom stereocenters. The summed E-state index contributed by atoms with van der Waals surface area (Å²) in [6.07, 6.45) is 12.8. The van der Waals surface area contributed by atoms with Crippen molar-refractivity contribution >= 4 is 0 Å². The first-order valence-corrected chi connectivity index (χ1v) is 7.22. The van der Waals surface area contributed by atoms with Crippen LogP contribution in [0.2, 0.25) is 0 Å². The minimum absolute atomic E-state index is 0.835. The van der Waals surface area contributed by atoms with Crippen LogP contribution in [0.3, 0.4) is 0 Å². The second-order valence-corrected chi connectivity index (χ2v) is 5.82. The molecule has 0 N–H and O–H groups in total. The van der Waals surface area contributed by atoms with Crippen molar-refractivity contribution in [1.82, 2.24) is 0 Å². The molecule has 0 saturated heterocycles. The Hall–Kier alpha value is -0.260. The van der Waals surface area contributed by atoms with Gasteiger partial charge in [0.15, 0.2) is 0 Å². The largest absolute Gasteiger partial charge is 0.0885 e. The van der Waals surface area contributed by atoms with E-state index < -0.39 is 0 Å². The van der Waals surface area contributed by atoms with Gasteiger partial charge in [0.25, 0.3) is 0 Å². The van der Waals surface area contributed by atoms with Gasteiger partial charge in [-0.25, -0.2) is 0 Å². The Bertz CT molecular complexity index is 165. The van der Waals surface area contributed by atoms with E-state index in [-0.39, 0.29) is 0 Å². The van der Waals surface area contributed by atoms with Crippen molar-refractivity contribution < 1.29 is 0 Å². The summed E-state index contributed by atoms with van der Waals surface area (Å²) in [6, 6.07) is 0. The zero-order chi connectivity index (χ0) is 12.4. The third-order valence-corrected chi connectivity index (χ3v) is 3.39. The highest BCUT2D eigenvalue weighted by Crippen LogP contribution is 2.22. The van der Waals surface area contributed by atoms with Crippen LogP contribution < -0.4 is 0 Å². The van der Waals surface area contributed by atoms with Crippen LogP contribution in [0.25, 0.3) is 0 Å². The molecule has 0 radical (unpaired) electrons. The summed E-state index contributed by atoms with van der Waals surface area (Å²) in [4.78, 5) is 0. The van der Waals surface area contributed by atoms with E-state index >= 15 is 0 Å². The summed E-state index contributed by atoms with van der Waals surface area (Å²) in [7, 11) is 0. The van der Waals surface area contributed by atoms with Crippen LogP contribution in [0, 0.1) is 17.8 Å². The van der Waals surface area contributed by atoms with Crippen LogP contribution in [-0.2, 0) is 0 Å². The van der Waals surface area contributed by atoms with Gasteiger partial charge >= 0.3 is 0 Å². The van der Waals surface area contributed by atoms with E-state index in [9.17, 15) is 0 Å². The van der Waals surface area contributed by atoms with Gasteiger partial charge in [0.2, 0.25) is 0 Å². The van der Waals surface area contributed by atoms with Crippen LogP contribution in [0.4, 0.5) is 0 Å². The molecule has 0 nitrogen and oxygen atoms in total. The van der Waals surface area contributed by atoms with E-state index in [1.807, 2.05) is 0 Å². The van der Waals surface area contributed by atoms with Gasteiger partial charge in [-0.2, -0.15) is 0 Å². The van der Waals surface area contributed by atoms with Gasteiger partial charge in [-0.05, 0) is 43.4 Å². The second kappa shape index (κ2) is 9.93. The van der Waals surface area contributed by atoms with Crippen molar-refractivity contribution in [2.24, 2.45) is 17.8 Å². The molecule has 0 saturated carbocycles. The predicted molar refractivity (Wildman–Crippen MR) is 75.7 cm³/mol. The van der Waals surface area contributed by atoms with Gasteiger partial charge in [0.1, 0.15) is 0 Å². The minimum atomic E-state index is 0.835. The first kappa shape index (κ1) is 15.7. The van der Waals surface area contributed by atoms with Crippen molar-refractivity contribution in [3.63, 3.8) is 0 Å². The van der Waals surface area contributed by atoms with Crippen LogP contribution in [-0.4, -0.2) is 0 Å². The average molecular weight is 224 g/mol. The summed E-state index contributed by atoms with van der Waals surface area (Å²) < 4.78 is 0. The molecule has 96 valence electrons. The maximum atomic E-state index is 2.42. The monoisotopic (exact) mass is 224 g/mol. The fourth-order valence-electron chi connectivity index (χ4n) is 2.01. The molecule has 0 aliphatic heterocycles. The molecule has 0 amide bonds. The molecule has 0 aromatic carbocycles. The number of hydrogen-bond donors (Lipinski definition) is 0. The quantitative estimate of drug-likeness (QED) is 0.432. The van der Waals surface area contributed by atoms with E-state index in [1.54, 1.807) is 0 Å². The van der Waals surface area contributed by atoms with Crippen molar-refractivity contribution in [1.29, 1.82) is 0 Å². The SMILES string of the molecule is CCCCC(CC=CCCC(C)C)C(C)C. The Balaban J connectivity index is 3.74. The van der Waals surface area contributed by atoms with Crippen LogP contribution in [0.1, 0.15) is 73.1 Å². The number of unbranched alkanes of at least 4 members (excludes halogenated alkanes) is 1. The summed E-state index contributed by atoms with van der Waals surface area (Å²) in [5.74, 6) is 2.57. The molecular weight excluding hydrogens is 192 g/mol. The second-order valence-electron chi connectivity index (χ2n) is 5.82. The predicted octanol–water partition coefficient (Wildman–Crippen LogP) is 5.83. The fourth-order valence-corrected chi connectivity index (χ4v) is 2.01. The van der Waals surface area contributed by atoms with Crippen LogP contribution >= 0.6 is 0 Å². The molecule has 0 aromatic heterocycles. The highest BCUT2D eigenvalue weighted by atomic mass is 14.2. The van der Waals surface area contributed by atoms with Crippen molar-refractivity contribution in [2.45, 2.75) is 73.1 Å². The molecule has 0 bridgehead atoms. The summed E-state index contributed by atoms with van der Waals surface area (Å²) in [5, 5.41) is 0. The molecule has 0 aromatic rings. The maximum absolute atomic E-state index is 2.42. The molecule has 1 atom stereocenters. The lowest BCUT2D eigenvalue weighted by Gasteiger charge is -2.18. The topological polar surface area (TPSA) is 0 Å². The Labute approximate surface area is 104 Å². The summed E-state index contributed by atoms with van der Waals surface area (Å²) in [5.41, 5.74) is 0. The first-order chi connectivity index (χ1) is 7.57. The van der Waals surface area contributed by atoms with E-state index in [2.05, 4.69) is 46.8 Å². The van der Waals surface area contributed by atoms with Gasteiger partial charge < -0.3 is 0 Å². The number of allylic oxidation sites excluding steroid dienone is 2. The molecule has 0 rings (SSSR count). The lowest BCUT2D eigenvalue weighted by molar-refractivity contribution is 0.352. The van der Waals surface area contributed by atoms with Gasteiger partial charge in [-0.15, -0.1) is 0 Å². The van der Waals surface area contributed by atoms with Gasteiger partial charge in [0.05, 0.1) is 0 Å². The van der Waals surface area contributed by atoms with Crippen molar-refractivity contribution in [2.75, 3.05) is 0 Å². The van der Waals surface area contributed by atoms with Gasteiger partial charge in [-0.3, -0.25) is 0 Å². The zero-order valence-electron chi connectivity index (χ0n) is 12.1. The van der Waals surface area contributed by atoms with Gasteiger partial charge in [-0.1, -0.05) is 59.6 Å². The Morgan fingerprint density at radius 2 is 1.62 bits per heavy atom. The lowest BCUT2D eigenvalue weighted by atomic mass is 9.87. The molecular formula is C16H32. The van der Waals surface area contributed by atoms with Crippen LogP contribution in [0.5, 0.6) is 0 Å². The molecule has 0 fully saturated rings. The summed E-state index contributed by atoms with van der Waals surface area (Å²) in [6.45, 7) is 11.6. The highest BCUT2D eigenvalue weighted by molar-refractivity contribution is 4.85. The lowest BCUT2D eigenvalue weighted by Crippen LogP contribution is -2.07. The maximum Gasteiger partial charge on any atom is -0.0320 e. The smallest absolute Gasteiger partial charge is 0.0320 e. The van der Waals surface area contributed by atoms with Crippen molar-refractivity contribution in [3.8, 4) is 0 Å². The number of hydrogen-bond acceptors (Lipinski definition) is 0. The van der Waals surface area contributed by atoms with E-state index in [0.29, 0.717) is 0 Å². The molecule has 0 aliphatic rings. The zero-order valence-corrected chi connectivity index (χ0v) is 12.1. The summed E-state index contributed by atoms with van der Waals surface area (Å²) >= 11 is 0. The third kappa shape index (κ3) is 9.00. The van der Waals surface area contributed by atoms with Crippen LogP contribution in [0.15, 0.2) is 12.2 Å². The normalized spacial score (nSPS) is 14.2. The first-order valence-electron chi connectivity index (χ1n) is 7.22. The molecule has 0 heteroatoms. The number of rotatable bonds is 9. The third-order valence-electron chi connectivity index (χ3n) is 3.39. The average Bonchev–Trinajstić information content (AvgIpc) is 2.21. The Morgan fingerprint density at radius 3 is 2.12 bits per heavy atom. The molecule has 16 heavy (non-hydrogen) atoms. The van der Waals surface area contributed by atoms with E-state index in [4.69, 9.17) is 0 Å². The molecule has 0 heterocycles. The molecule has 0 spiro atoms. The Morgan fingerprint density at radius 1 is 0.938 bits per heavy atom. The standard InChI is InChI=1S/C16H32/c1-6-7-12-16(15(4)5)13-10-8-9-11-14(2)3/h8,10,14-16H,6-7,9,11-13H2,1-5H3. The Kier molecular flexibility index (Phi) is 9.77. The minimum Gasteiger partial charge on any atom is -0.0885 e. The van der Waals surface area contributed by atoms with Crippen molar-refractivity contribution in [3.05, 3.63) is 12.2 Å². The highest BCUT2D eigenvalue weighted by Gasteiger charge is 2.10. The van der Waals surface area contributed by atoms with Gasteiger partial charge in [0, 0.05) is 0 Å². The van der Waals surface area contributed by atoms with E-state index in [1.165, 1.54) is 38.5 Å². The molecule has 0 aliphatic carbocycles.